The van der Waals surface area contributed by atoms with Crippen molar-refractivity contribution in [3.8, 4) is 5.75 Å². The summed E-state index contributed by atoms with van der Waals surface area (Å²) in [5, 5.41) is 11.7. The maximum Gasteiger partial charge on any atom is 0.338 e. The number of benzene rings is 2. The van der Waals surface area contributed by atoms with Gasteiger partial charge in [0.15, 0.2) is 0 Å². The van der Waals surface area contributed by atoms with E-state index in [1.54, 1.807) is 0 Å². The van der Waals surface area contributed by atoms with Crippen molar-refractivity contribution in [2.24, 2.45) is 5.92 Å². The number of rotatable bonds is 7. The molecule has 5 nitrogen and oxygen atoms in total. The summed E-state index contributed by atoms with van der Waals surface area (Å²) in [6.07, 6.45) is 0.787. The monoisotopic (exact) mass is 433 g/mol. The number of hydrogen-bond donors (Lipinski definition) is 1. The third-order valence-corrected chi connectivity index (χ3v) is 5.67. The number of carbonyl (C=O) groups is 1. The van der Waals surface area contributed by atoms with Gasteiger partial charge in [-0.25, -0.2) is 13.6 Å². The lowest BCUT2D eigenvalue weighted by atomic mass is 9.70. The molecular formula is C24H29F2NO4. The molecule has 2 aromatic rings. The van der Waals surface area contributed by atoms with Crippen LogP contribution in [0.15, 0.2) is 42.5 Å². The predicted molar refractivity (Wildman–Crippen MR) is 113 cm³/mol. The number of ether oxygens (including phenoxy) is 2. The van der Waals surface area contributed by atoms with E-state index in [2.05, 4.69) is 0 Å². The third-order valence-electron chi connectivity index (χ3n) is 5.67. The second-order valence-electron chi connectivity index (χ2n) is 8.30. The summed E-state index contributed by atoms with van der Waals surface area (Å²) in [4.78, 5) is 14.4. The van der Waals surface area contributed by atoms with E-state index in [0.29, 0.717) is 44.2 Å². The van der Waals surface area contributed by atoms with Crippen LogP contribution in [0.25, 0.3) is 0 Å². The maximum atomic E-state index is 13.5. The Morgan fingerprint density at radius 2 is 1.90 bits per heavy atom. The zero-order valence-electron chi connectivity index (χ0n) is 18.1. The van der Waals surface area contributed by atoms with E-state index in [1.165, 1.54) is 0 Å². The molecule has 1 N–H and O–H groups in total. The Labute approximate surface area is 181 Å². The summed E-state index contributed by atoms with van der Waals surface area (Å²) in [6, 6.07) is 10.1. The molecule has 1 fully saturated rings. The summed E-state index contributed by atoms with van der Waals surface area (Å²) in [7, 11) is 3.84. The summed E-state index contributed by atoms with van der Waals surface area (Å²) in [5.74, 6) is -1.95. The van der Waals surface area contributed by atoms with Crippen molar-refractivity contribution in [2.45, 2.75) is 37.9 Å². The Hall–Kier alpha value is -2.51. The fraction of sp³-hybridized carbons (Fsp3) is 0.458. The van der Waals surface area contributed by atoms with E-state index < -0.39 is 29.3 Å². The van der Waals surface area contributed by atoms with Crippen LogP contribution in [0, 0.1) is 17.6 Å². The highest BCUT2D eigenvalue weighted by Gasteiger charge is 2.44. The Morgan fingerprint density at radius 1 is 1.19 bits per heavy atom. The van der Waals surface area contributed by atoms with Crippen molar-refractivity contribution in [1.82, 2.24) is 4.90 Å². The molecular weight excluding hydrogens is 404 g/mol. The molecule has 0 radical (unpaired) electrons. The number of nitrogens with zero attached hydrogens (tertiary/aromatic N) is 1. The van der Waals surface area contributed by atoms with Crippen molar-refractivity contribution < 1.29 is 28.2 Å². The van der Waals surface area contributed by atoms with Crippen LogP contribution in [0.5, 0.6) is 5.75 Å². The highest BCUT2D eigenvalue weighted by molar-refractivity contribution is 5.89. The summed E-state index contributed by atoms with van der Waals surface area (Å²) in [5.41, 5.74) is -0.500. The minimum absolute atomic E-state index is 0.160. The summed E-state index contributed by atoms with van der Waals surface area (Å²) in [6.45, 7) is 3.01. The highest BCUT2D eigenvalue weighted by atomic mass is 19.1. The van der Waals surface area contributed by atoms with Crippen LogP contribution >= 0.6 is 0 Å². The fourth-order valence-corrected chi connectivity index (χ4v) is 4.28. The zero-order chi connectivity index (χ0) is 22.6. The molecule has 0 aliphatic heterocycles. The predicted octanol–water partition coefficient (Wildman–Crippen LogP) is 4.14. The van der Waals surface area contributed by atoms with Crippen LogP contribution in [0.2, 0.25) is 0 Å². The van der Waals surface area contributed by atoms with Crippen LogP contribution in [0.4, 0.5) is 8.78 Å². The van der Waals surface area contributed by atoms with Gasteiger partial charge in [-0.15, -0.1) is 0 Å². The zero-order valence-corrected chi connectivity index (χ0v) is 18.1. The number of halogens is 2. The average molecular weight is 433 g/mol. The van der Waals surface area contributed by atoms with Crippen LogP contribution in [-0.4, -0.2) is 49.3 Å². The van der Waals surface area contributed by atoms with E-state index in [9.17, 15) is 18.7 Å². The number of aliphatic hydroxyl groups is 1. The quantitative estimate of drug-likeness (QED) is 0.665. The molecule has 168 valence electrons. The standard InChI is InChI=1S/C24H29F2NO4/c1-4-30-21-7-5-6-17(12-21)24(29)9-8-22(13-18(24)15-27(2)3)31-23(28)16-10-19(25)14-20(26)11-16/h5-7,10-12,14,18,22,29H,4,8-9,13,15H2,1-3H3. The number of carbonyl (C=O) groups excluding carboxylic acids is 1. The first-order valence-electron chi connectivity index (χ1n) is 10.5. The highest BCUT2D eigenvalue weighted by Crippen LogP contribution is 2.43. The number of hydrogen-bond acceptors (Lipinski definition) is 5. The normalized spacial score (nSPS) is 23.6. The molecule has 1 aliphatic carbocycles. The molecule has 0 spiro atoms. The fourth-order valence-electron chi connectivity index (χ4n) is 4.28. The molecule has 3 rings (SSSR count). The topological polar surface area (TPSA) is 59.0 Å². The van der Waals surface area contributed by atoms with Gasteiger partial charge in [-0.1, -0.05) is 12.1 Å². The molecule has 1 saturated carbocycles. The van der Waals surface area contributed by atoms with Gasteiger partial charge in [0.2, 0.25) is 0 Å². The van der Waals surface area contributed by atoms with E-state index in [1.807, 2.05) is 50.2 Å². The number of esters is 1. The first-order valence-corrected chi connectivity index (χ1v) is 10.5. The van der Waals surface area contributed by atoms with Gasteiger partial charge in [0.25, 0.3) is 0 Å². The molecule has 7 heteroatoms. The molecule has 1 aliphatic rings. The van der Waals surface area contributed by atoms with Crippen LogP contribution in [-0.2, 0) is 10.3 Å². The minimum Gasteiger partial charge on any atom is -0.494 e. The van der Waals surface area contributed by atoms with E-state index in [-0.39, 0.29) is 11.5 Å². The van der Waals surface area contributed by atoms with Gasteiger partial charge in [-0.2, -0.15) is 0 Å². The van der Waals surface area contributed by atoms with Gasteiger partial charge in [-0.3, -0.25) is 0 Å². The average Bonchev–Trinajstić information content (AvgIpc) is 2.70. The Bertz CT molecular complexity index is 900. The van der Waals surface area contributed by atoms with E-state index in [0.717, 1.165) is 17.7 Å². The molecule has 0 amide bonds. The van der Waals surface area contributed by atoms with Gasteiger partial charge in [-0.05, 0) is 70.1 Å². The Balaban J connectivity index is 1.79. The molecule has 0 bridgehead atoms. The van der Waals surface area contributed by atoms with E-state index >= 15 is 0 Å². The molecule has 0 heterocycles. The van der Waals surface area contributed by atoms with Crippen LogP contribution in [0.3, 0.4) is 0 Å². The lowest BCUT2D eigenvalue weighted by Gasteiger charge is -2.44. The molecule has 3 atom stereocenters. The maximum absolute atomic E-state index is 13.5. The Morgan fingerprint density at radius 3 is 2.55 bits per heavy atom. The van der Waals surface area contributed by atoms with Crippen molar-refractivity contribution in [3.05, 3.63) is 65.2 Å². The first kappa shape index (κ1) is 23.2. The summed E-state index contributed by atoms with van der Waals surface area (Å²) >= 11 is 0. The molecule has 3 unspecified atom stereocenters. The SMILES string of the molecule is CCOc1cccc(C2(O)CCC(OC(=O)c3cc(F)cc(F)c3)CC2CN(C)C)c1. The van der Waals surface area contributed by atoms with Crippen molar-refractivity contribution >= 4 is 5.97 Å². The smallest absolute Gasteiger partial charge is 0.338 e. The van der Waals surface area contributed by atoms with Gasteiger partial charge in [0.05, 0.1) is 17.8 Å². The van der Waals surface area contributed by atoms with E-state index in [4.69, 9.17) is 9.47 Å². The van der Waals surface area contributed by atoms with Crippen molar-refractivity contribution in [2.75, 3.05) is 27.2 Å². The van der Waals surface area contributed by atoms with Crippen LogP contribution < -0.4 is 4.74 Å². The minimum atomic E-state index is -1.11. The molecule has 0 saturated heterocycles. The van der Waals surface area contributed by atoms with Gasteiger partial charge in [0, 0.05) is 18.5 Å². The lowest BCUT2D eigenvalue weighted by Crippen LogP contribution is -2.47. The second-order valence-corrected chi connectivity index (χ2v) is 8.30. The van der Waals surface area contributed by atoms with Crippen LogP contribution in [0.1, 0.15) is 42.1 Å². The van der Waals surface area contributed by atoms with Gasteiger partial charge < -0.3 is 19.5 Å². The molecule has 0 aromatic heterocycles. The molecule has 31 heavy (non-hydrogen) atoms. The molecule has 2 aromatic carbocycles. The van der Waals surface area contributed by atoms with Gasteiger partial charge in [0.1, 0.15) is 23.5 Å². The van der Waals surface area contributed by atoms with Crippen molar-refractivity contribution in [1.29, 1.82) is 0 Å². The van der Waals surface area contributed by atoms with Crippen molar-refractivity contribution in [3.63, 3.8) is 0 Å². The largest absolute Gasteiger partial charge is 0.494 e. The first-order chi connectivity index (χ1) is 14.7. The van der Waals surface area contributed by atoms with Gasteiger partial charge >= 0.3 is 5.97 Å². The summed E-state index contributed by atoms with van der Waals surface area (Å²) < 4.78 is 38.1. The second kappa shape index (κ2) is 9.75. The Kier molecular flexibility index (Phi) is 7.28. The lowest BCUT2D eigenvalue weighted by molar-refractivity contribution is -0.0960. The third kappa shape index (κ3) is 5.60.